The average Bonchev–Trinajstić information content (AvgIpc) is 3.90. The predicted molar refractivity (Wildman–Crippen MR) is 251 cm³/mol. The Bertz CT molecular complexity index is 1950. The van der Waals surface area contributed by atoms with Crippen molar-refractivity contribution in [2.24, 2.45) is 11.8 Å². The molecule has 2 aliphatic carbocycles. The van der Waals surface area contributed by atoms with E-state index in [1.807, 2.05) is 69.3 Å². The predicted octanol–water partition coefficient (Wildman–Crippen LogP) is 13.4. The quantitative estimate of drug-likeness (QED) is 0.0535. The molecule has 4 aromatic rings. The van der Waals surface area contributed by atoms with Gasteiger partial charge in [-0.3, -0.25) is 9.59 Å². The second-order valence-corrected chi connectivity index (χ2v) is 20.1. The largest absolute Gasteiger partial charge is 0.481 e. The van der Waals surface area contributed by atoms with E-state index in [9.17, 15) is 14.7 Å². The van der Waals surface area contributed by atoms with Crippen molar-refractivity contribution in [3.05, 3.63) is 106 Å². The fourth-order valence-electron chi connectivity index (χ4n) is 9.25. The Hall–Kier alpha value is -4.28. The van der Waals surface area contributed by atoms with Crippen LogP contribution in [0.1, 0.15) is 207 Å². The van der Waals surface area contributed by atoms with Crippen LogP contribution < -0.4 is 0 Å². The highest BCUT2D eigenvalue weighted by atomic mass is 16.6. The van der Waals surface area contributed by atoms with Gasteiger partial charge in [0.2, 0.25) is 0 Å². The Labute approximate surface area is 383 Å². The molecular weight excluding hydrogens is 805 g/mol. The third-order valence-electron chi connectivity index (χ3n) is 12.5. The highest BCUT2D eigenvalue weighted by Gasteiger charge is 2.34. The van der Waals surface area contributed by atoms with E-state index in [4.69, 9.17) is 23.3 Å². The zero-order valence-corrected chi connectivity index (χ0v) is 40.1. The third-order valence-corrected chi connectivity index (χ3v) is 12.5. The molecule has 0 aliphatic heterocycles. The number of ether oxygens (including phenoxy) is 3. The zero-order valence-electron chi connectivity index (χ0n) is 40.1. The number of carbonyl (C=O) groups excluding carboxylic acids is 1. The van der Waals surface area contributed by atoms with E-state index >= 15 is 0 Å². The van der Waals surface area contributed by atoms with Crippen molar-refractivity contribution in [1.29, 1.82) is 0 Å². The van der Waals surface area contributed by atoms with E-state index in [1.54, 1.807) is 0 Å². The Morgan fingerprint density at radius 1 is 0.672 bits per heavy atom. The molecule has 6 rings (SSSR count). The molecule has 0 fully saturated rings. The molecular formula is C54H78N2O8. The second-order valence-electron chi connectivity index (χ2n) is 20.1. The summed E-state index contributed by atoms with van der Waals surface area (Å²) in [6.07, 6.45) is 14.8. The van der Waals surface area contributed by atoms with Crippen molar-refractivity contribution in [3.63, 3.8) is 0 Å². The highest BCUT2D eigenvalue weighted by Crippen LogP contribution is 2.42. The highest BCUT2D eigenvalue weighted by molar-refractivity contribution is 5.71. The van der Waals surface area contributed by atoms with Crippen LogP contribution in [0.5, 0.6) is 0 Å². The summed E-state index contributed by atoms with van der Waals surface area (Å²) in [4.78, 5) is 24.2. The molecule has 0 spiro atoms. The lowest BCUT2D eigenvalue weighted by Gasteiger charge is -2.24. The first-order chi connectivity index (χ1) is 30.8. The van der Waals surface area contributed by atoms with Crippen LogP contribution in [0.2, 0.25) is 0 Å². The molecule has 2 aromatic carbocycles. The normalized spacial score (nSPS) is 17.0. The zero-order chi connectivity index (χ0) is 45.9. The first-order valence-corrected chi connectivity index (χ1v) is 24.4. The minimum absolute atomic E-state index is 0.00785. The molecule has 2 aromatic heterocycles. The molecule has 10 heteroatoms. The number of nitrogens with zero attached hydrogens (tertiary/aromatic N) is 2. The number of hydrogen-bond acceptors (Lipinski definition) is 9. The van der Waals surface area contributed by atoms with Gasteiger partial charge in [0.15, 0.2) is 0 Å². The van der Waals surface area contributed by atoms with Gasteiger partial charge in [-0.2, -0.15) is 0 Å². The standard InChI is InChI=1S/C29H43NO4.C25H35NO4/c1-21(2)16-17-23-13-9-15-25-27(30-34-28(23)25)24(19-26(31)33-29(3,4)5)14-10-18-32-20-22-11-7-6-8-12-22;1-18(2)13-14-20-10-6-12-22-24(26-30-25(20)22)21(16-23(27)28)11-7-15-29-17-19-8-4-3-5-9-19/h6-8,11-12,21,23-24H,9-10,13-20H2,1-5H3;3-5,8-9,18,20-21H,6-7,10-17H2,1-2H3,(H,27,28)/t23?,24-;20?,21-/m00/s1. The molecule has 1 N–H and O–H groups in total. The van der Waals surface area contributed by atoms with E-state index in [0.717, 1.165) is 99.1 Å². The Morgan fingerprint density at radius 3 is 1.52 bits per heavy atom. The van der Waals surface area contributed by atoms with Crippen molar-refractivity contribution in [1.82, 2.24) is 10.3 Å². The van der Waals surface area contributed by atoms with Gasteiger partial charge in [0.25, 0.3) is 0 Å². The smallest absolute Gasteiger partial charge is 0.306 e. The van der Waals surface area contributed by atoms with Crippen LogP contribution in [0.15, 0.2) is 69.7 Å². The molecule has 0 amide bonds. The summed E-state index contributed by atoms with van der Waals surface area (Å²) in [6.45, 7) is 17.2. The van der Waals surface area contributed by atoms with Crippen molar-refractivity contribution >= 4 is 11.9 Å². The monoisotopic (exact) mass is 883 g/mol. The van der Waals surface area contributed by atoms with Gasteiger partial charge in [0.1, 0.15) is 17.1 Å². The summed E-state index contributed by atoms with van der Waals surface area (Å²) in [7, 11) is 0. The fourth-order valence-corrected chi connectivity index (χ4v) is 9.25. The molecule has 0 bridgehead atoms. The topological polar surface area (TPSA) is 134 Å². The van der Waals surface area contributed by atoms with Crippen molar-refractivity contribution in [2.75, 3.05) is 13.2 Å². The van der Waals surface area contributed by atoms with Crippen LogP contribution in [0.4, 0.5) is 0 Å². The number of aromatic nitrogens is 2. The van der Waals surface area contributed by atoms with Crippen LogP contribution in [-0.2, 0) is 49.9 Å². The fraction of sp³-hybridized carbons (Fsp3) is 0.630. The number of carbonyl (C=O) groups is 2. The molecule has 2 aliphatic rings. The van der Waals surface area contributed by atoms with Gasteiger partial charge in [-0.1, -0.05) is 112 Å². The number of esters is 1. The van der Waals surface area contributed by atoms with Gasteiger partial charge in [-0.05, 0) is 121 Å². The third kappa shape index (κ3) is 16.9. The lowest BCUT2D eigenvalue weighted by molar-refractivity contribution is -0.155. The van der Waals surface area contributed by atoms with Crippen LogP contribution in [-0.4, -0.2) is 46.2 Å². The van der Waals surface area contributed by atoms with Gasteiger partial charge >= 0.3 is 11.9 Å². The Morgan fingerprint density at radius 2 is 1.11 bits per heavy atom. The van der Waals surface area contributed by atoms with Crippen LogP contribution in [0.25, 0.3) is 0 Å². The number of hydrogen-bond donors (Lipinski definition) is 1. The van der Waals surface area contributed by atoms with Gasteiger partial charge in [-0.25, -0.2) is 0 Å². The summed E-state index contributed by atoms with van der Waals surface area (Å²) in [5.41, 5.74) is 6.11. The summed E-state index contributed by atoms with van der Waals surface area (Å²) in [5.74, 6) is 3.24. The molecule has 0 saturated heterocycles. The molecule has 64 heavy (non-hydrogen) atoms. The number of benzene rings is 2. The van der Waals surface area contributed by atoms with E-state index in [1.165, 1.54) is 36.0 Å². The van der Waals surface area contributed by atoms with Gasteiger partial charge in [0, 0.05) is 48.0 Å². The summed E-state index contributed by atoms with van der Waals surface area (Å²) in [6, 6.07) is 20.3. The maximum Gasteiger partial charge on any atom is 0.306 e. The van der Waals surface area contributed by atoms with E-state index in [0.29, 0.717) is 56.5 Å². The molecule has 352 valence electrons. The minimum atomic E-state index is -0.783. The van der Waals surface area contributed by atoms with Crippen molar-refractivity contribution < 1.29 is 38.0 Å². The molecule has 0 radical (unpaired) electrons. The van der Waals surface area contributed by atoms with Gasteiger partial charge in [-0.15, -0.1) is 0 Å². The minimum Gasteiger partial charge on any atom is -0.481 e. The van der Waals surface area contributed by atoms with Crippen molar-refractivity contribution in [3.8, 4) is 0 Å². The molecule has 0 saturated carbocycles. The van der Waals surface area contributed by atoms with Crippen LogP contribution in [0, 0.1) is 11.8 Å². The number of carboxylic acid groups (broad SMARTS) is 1. The number of aliphatic carboxylic acids is 1. The lowest BCUT2D eigenvalue weighted by Crippen LogP contribution is -2.25. The molecule has 2 heterocycles. The van der Waals surface area contributed by atoms with Crippen LogP contribution >= 0.6 is 0 Å². The molecule has 2 unspecified atom stereocenters. The molecule has 4 atom stereocenters. The van der Waals surface area contributed by atoms with Crippen LogP contribution in [0.3, 0.4) is 0 Å². The van der Waals surface area contributed by atoms with Crippen molar-refractivity contribution in [2.45, 2.75) is 194 Å². The first kappa shape index (κ1) is 50.7. The Kier molecular flexibility index (Phi) is 20.6. The number of rotatable bonds is 24. The lowest BCUT2D eigenvalue weighted by atomic mass is 9.81. The van der Waals surface area contributed by atoms with Gasteiger partial charge in [0.05, 0.1) is 37.4 Å². The SMILES string of the molecule is CC(C)CCC1CCCc2c([C@@H](CCCOCc3ccccc3)CC(=O)O)noc21.CC(C)CCC1CCCc2c([C@@H](CCCOCc3ccccc3)CC(=O)OC(C)(C)C)noc21. The Balaban J connectivity index is 0.000000243. The second kappa shape index (κ2) is 26.0. The average molecular weight is 883 g/mol. The molecule has 10 nitrogen and oxygen atoms in total. The first-order valence-electron chi connectivity index (χ1n) is 24.4. The number of carboxylic acids is 1. The maximum absolute atomic E-state index is 12.7. The van der Waals surface area contributed by atoms with E-state index in [-0.39, 0.29) is 24.2 Å². The maximum atomic E-state index is 12.7. The number of fused-ring (bicyclic) bond motifs is 2. The summed E-state index contributed by atoms with van der Waals surface area (Å²) < 4.78 is 29.1. The summed E-state index contributed by atoms with van der Waals surface area (Å²) in [5, 5.41) is 18.4. The van der Waals surface area contributed by atoms with E-state index in [2.05, 4.69) is 50.1 Å². The van der Waals surface area contributed by atoms with Gasteiger partial charge < -0.3 is 28.4 Å². The summed E-state index contributed by atoms with van der Waals surface area (Å²) >= 11 is 0. The van der Waals surface area contributed by atoms with E-state index < -0.39 is 11.6 Å².